The van der Waals surface area contributed by atoms with Gasteiger partial charge in [-0.1, -0.05) is 37.5 Å². The molecule has 2 amide bonds. The van der Waals surface area contributed by atoms with Crippen LogP contribution in [0.15, 0.2) is 29.1 Å². The Morgan fingerprint density at radius 2 is 1.83 bits per heavy atom. The Labute approximate surface area is 138 Å². The highest BCUT2D eigenvalue weighted by molar-refractivity contribution is 6.04. The molecule has 1 heterocycles. The number of H-pyrrole nitrogens is 1. The summed E-state index contributed by atoms with van der Waals surface area (Å²) in [6.07, 6.45) is 4.28. The van der Waals surface area contributed by atoms with Crippen LogP contribution in [-0.4, -0.2) is 28.1 Å². The Kier molecular flexibility index (Phi) is 4.59. The first kappa shape index (κ1) is 16.2. The Hall–Kier alpha value is -2.70. The van der Waals surface area contributed by atoms with Crippen molar-refractivity contribution in [1.29, 1.82) is 0 Å². The number of hydrogen-bond acceptors (Lipinski definition) is 4. The molecule has 1 aliphatic rings. The number of nitrogens with two attached hydrogens (primary N) is 1. The first-order valence-electron chi connectivity index (χ1n) is 8.15. The van der Waals surface area contributed by atoms with Crippen LogP contribution in [-0.2, 0) is 4.79 Å². The van der Waals surface area contributed by atoms with Crippen molar-refractivity contribution in [3.63, 3.8) is 0 Å². The maximum absolute atomic E-state index is 12.7. The van der Waals surface area contributed by atoms with Crippen molar-refractivity contribution in [2.24, 2.45) is 11.7 Å². The Bertz CT molecular complexity index is 830. The van der Waals surface area contributed by atoms with Crippen LogP contribution in [0.2, 0.25) is 0 Å². The van der Waals surface area contributed by atoms with Crippen LogP contribution in [0, 0.1) is 5.92 Å². The SMILES string of the molecule is NC(=O)[C@@H]1CCCCC[C@@H]1NC(=O)c1n[nH]c(=O)c2ccccc12. The van der Waals surface area contributed by atoms with E-state index < -0.39 is 5.91 Å². The molecular formula is C17H20N4O3. The number of aromatic nitrogens is 2. The monoisotopic (exact) mass is 328 g/mol. The standard InChI is InChI=1S/C17H20N4O3/c18-15(22)12-8-2-1-3-9-13(12)19-17(24)14-10-6-4-5-7-11(10)16(23)21-20-14/h4-7,12-13H,1-3,8-9H2,(H2,18,22)(H,19,24)(H,21,23)/t12-,13+/m1/s1. The number of fused-ring (bicyclic) bond motifs is 1. The van der Waals surface area contributed by atoms with E-state index in [9.17, 15) is 14.4 Å². The molecule has 0 aliphatic heterocycles. The van der Waals surface area contributed by atoms with E-state index >= 15 is 0 Å². The molecule has 0 unspecified atom stereocenters. The molecule has 0 bridgehead atoms. The second-order valence-corrected chi connectivity index (χ2v) is 6.17. The van der Waals surface area contributed by atoms with Crippen molar-refractivity contribution in [2.45, 2.75) is 38.1 Å². The van der Waals surface area contributed by atoms with Gasteiger partial charge in [-0.25, -0.2) is 5.10 Å². The summed E-state index contributed by atoms with van der Waals surface area (Å²) < 4.78 is 0. The lowest BCUT2D eigenvalue weighted by molar-refractivity contribution is -0.122. The van der Waals surface area contributed by atoms with E-state index in [1.54, 1.807) is 24.3 Å². The van der Waals surface area contributed by atoms with Crippen LogP contribution in [0.5, 0.6) is 0 Å². The minimum absolute atomic E-state index is 0.151. The van der Waals surface area contributed by atoms with Crippen LogP contribution in [0.1, 0.15) is 42.6 Å². The highest BCUT2D eigenvalue weighted by atomic mass is 16.2. The number of benzene rings is 1. The molecule has 0 radical (unpaired) electrons. The van der Waals surface area contributed by atoms with Gasteiger partial charge >= 0.3 is 0 Å². The summed E-state index contributed by atoms with van der Waals surface area (Å²) in [5.74, 6) is -1.16. The third-order valence-electron chi connectivity index (χ3n) is 4.61. The number of nitrogens with one attached hydrogen (secondary N) is 2. The second kappa shape index (κ2) is 6.82. The zero-order valence-electron chi connectivity index (χ0n) is 13.2. The van der Waals surface area contributed by atoms with Crippen molar-refractivity contribution in [3.05, 3.63) is 40.3 Å². The fourth-order valence-corrected chi connectivity index (χ4v) is 3.35. The van der Waals surface area contributed by atoms with E-state index in [4.69, 9.17) is 5.73 Å². The summed E-state index contributed by atoms with van der Waals surface area (Å²) >= 11 is 0. The van der Waals surface area contributed by atoms with Gasteiger partial charge in [-0.05, 0) is 18.9 Å². The first-order valence-corrected chi connectivity index (χ1v) is 8.15. The van der Waals surface area contributed by atoms with Gasteiger partial charge in [0.25, 0.3) is 11.5 Å². The molecule has 4 N–H and O–H groups in total. The fraction of sp³-hybridized carbons (Fsp3) is 0.412. The van der Waals surface area contributed by atoms with E-state index in [2.05, 4.69) is 15.5 Å². The number of nitrogens with zero attached hydrogens (tertiary/aromatic N) is 1. The number of carbonyl (C=O) groups is 2. The van der Waals surface area contributed by atoms with E-state index in [1.807, 2.05) is 0 Å². The molecule has 1 aromatic heterocycles. The smallest absolute Gasteiger partial charge is 0.272 e. The molecule has 2 atom stereocenters. The second-order valence-electron chi connectivity index (χ2n) is 6.17. The average molecular weight is 328 g/mol. The number of rotatable bonds is 3. The van der Waals surface area contributed by atoms with Gasteiger partial charge in [-0.3, -0.25) is 14.4 Å². The maximum atomic E-state index is 12.7. The summed E-state index contributed by atoms with van der Waals surface area (Å²) in [5, 5.41) is 10.0. The molecule has 7 nitrogen and oxygen atoms in total. The van der Waals surface area contributed by atoms with Crippen LogP contribution >= 0.6 is 0 Å². The Morgan fingerprint density at radius 3 is 2.58 bits per heavy atom. The molecule has 2 aromatic rings. The lowest BCUT2D eigenvalue weighted by Crippen LogP contribution is -2.45. The average Bonchev–Trinajstić information content (AvgIpc) is 2.81. The number of primary amides is 1. The van der Waals surface area contributed by atoms with Gasteiger partial charge in [0.1, 0.15) is 0 Å². The van der Waals surface area contributed by atoms with Crippen molar-refractivity contribution in [3.8, 4) is 0 Å². The molecular weight excluding hydrogens is 308 g/mol. The summed E-state index contributed by atoms with van der Waals surface area (Å²) in [4.78, 5) is 36.2. The lowest BCUT2D eigenvalue weighted by atomic mass is 9.94. The predicted molar refractivity (Wildman–Crippen MR) is 89.4 cm³/mol. The van der Waals surface area contributed by atoms with Crippen molar-refractivity contribution < 1.29 is 9.59 Å². The normalized spacial score (nSPS) is 21.2. The van der Waals surface area contributed by atoms with Gasteiger partial charge < -0.3 is 11.1 Å². The third kappa shape index (κ3) is 3.15. The van der Waals surface area contributed by atoms with Crippen LogP contribution < -0.4 is 16.6 Å². The first-order chi connectivity index (χ1) is 11.6. The Balaban J connectivity index is 1.90. The molecule has 0 spiro atoms. The highest BCUT2D eigenvalue weighted by Crippen LogP contribution is 2.24. The Morgan fingerprint density at radius 1 is 1.12 bits per heavy atom. The van der Waals surface area contributed by atoms with Gasteiger partial charge in [-0.2, -0.15) is 5.10 Å². The van der Waals surface area contributed by atoms with Crippen LogP contribution in [0.3, 0.4) is 0 Å². The van der Waals surface area contributed by atoms with Gasteiger partial charge in [0, 0.05) is 11.4 Å². The number of amides is 2. The lowest BCUT2D eigenvalue weighted by Gasteiger charge is -2.23. The minimum atomic E-state index is -0.402. The molecule has 1 aliphatic carbocycles. The highest BCUT2D eigenvalue weighted by Gasteiger charge is 2.30. The van der Waals surface area contributed by atoms with Gasteiger partial charge in [-0.15, -0.1) is 0 Å². The number of aromatic amines is 1. The van der Waals surface area contributed by atoms with E-state index in [1.165, 1.54) is 0 Å². The predicted octanol–water partition coefficient (Wildman–Crippen LogP) is 1.09. The summed E-state index contributed by atoms with van der Waals surface area (Å²) in [6.45, 7) is 0. The van der Waals surface area contributed by atoms with Crippen molar-refractivity contribution >= 4 is 22.6 Å². The summed E-state index contributed by atoms with van der Waals surface area (Å²) in [5.41, 5.74) is 5.31. The quantitative estimate of drug-likeness (QED) is 0.731. The van der Waals surface area contributed by atoms with Crippen molar-refractivity contribution in [2.75, 3.05) is 0 Å². The largest absolute Gasteiger partial charge is 0.369 e. The zero-order chi connectivity index (χ0) is 17.1. The van der Waals surface area contributed by atoms with Gasteiger partial charge in [0.2, 0.25) is 5.91 Å². The van der Waals surface area contributed by atoms with E-state index in [0.717, 1.165) is 19.3 Å². The molecule has 24 heavy (non-hydrogen) atoms. The number of hydrogen-bond donors (Lipinski definition) is 3. The molecule has 0 saturated heterocycles. The zero-order valence-corrected chi connectivity index (χ0v) is 13.2. The van der Waals surface area contributed by atoms with Crippen LogP contribution in [0.25, 0.3) is 10.8 Å². The maximum Gasteiger partial charge on any atom is 0.272 e. The van der Waals surface area contributed by atoms with Gasteiger partial charge in [0.15, 0.2) is 5.69 Å². The van der Waals surface area contributed by atoms with E-state index in [0.29, 0.717) is 23.6 Å². The summed E-state index contributed by atoms with van der Waals surface area (Å²) in [7, 11) is 0. The van der Waals surface area contributed by atoms with E-state index in [-0.39, 0.29) is 29.1 Å². The molecule has 3 rings (SSSR count). The summed E-state index contributed by atoms with van der Waals surface area (Å²) in [6, 6.07) is 6.51. The fourth-order valence-electron chi connectivity index (χ4n) is 3.35. The molecule has 126 valence electrons. The topological polar surface area (TPSA) is 118 Å². The molecule has 1 saturated carbocycles. The number of carbonyl (C=O) groups excluding carboxylic acids is 2. The third-order valence-corrected chi connectivity index (χ3v) is 4.61. The van der Waals surface area contributed by atoms with Crippen LogP contribution in [0.4, 0.5) is 0 Å². The van der Waals surface area contributed by atoms with Gasteiger partial charge in [0.05, 0.1) is 11.3 Å². The minimum Gasteiger partial charge on any atom is -0.369 e. The molecule has 7 heteroatoms. The van der Waals surface area contributed by atoms with Crippen molar-refractivity contribution in [1.82, 2.24) is 15.5 Å². The molecule has 1 aromatic carbocycles. The molecule has 1 fully saturated rings.